The molecule has 0 saturated heterocycles. The van der Waals surface area contributed by atoms with Gasteiger partial charge in [0.15, 0.2) is 11.5 Å². The second-order valence-corrected chi connectivity index (χ2v) is 6.86. The summed E-state index contributed by atoms with van der Waals surface area (Å²) in [7, 11) is 1.22. The van der Waals surface area contributed by atoms with Crippen LogP contribution < -0.4 is 9.47 Å². The number of carbonyl (C=O) groups excluding carboxylic acids is 1. The molecule has 0 aliphatic carbocycles. The fraction of sp³-hybridized carbons (Fsp3) is 0.100. The highest BCUT2D eigenvalue weighted by atomic mass is 32.2. The van der Waals surface area contributed by atoms with E-state index in [0.29, 0.717) is 22.1 Å². The summed E-state index contributed by atoms with van der Waals surface area (Å²) in [5.74, 6) is -0.0719. The highest BCUT2D eigenvalue weighted by Crippen LogP contribution is 2.41. The highest BCUT2D eigenvalue weighted by molar-refractivity contribution is 8.18. The molecular formula is C20H14FNO5S. The molecule has 2 aliphatic heterocycles. The van der Waals surface area contributed by atoms with Gasteiger partial charge in [0.25, 0.3) is 0 Å². The van der Waals surface area contributed by atoms with E-state index in [1.165, 1.54) is 31.4 Å². The third-order valence-electron chi connectivity index (χ3n) is 4.03. The summed E-state index contributed by atoms with van der Waals surface area (Å²) in [6.45, 7) is 0.163. The maximum absolute atomic E-state index is 13.1. The smallest absolute Gasteiger partial charge is 0.344 e. The molecule has 28 heavy (non-hydrogen) atoms. The van der Waals surface area contributed by atoms with Crippen molar-refractivity contribution in [2.75, 3.05) is 13.9 Å². The number of fused-ring (bicyclic) bond motifs is 1. The van der Waals surface area contributed by atoms with E-state index in [0.717, 1.165) is 17.3 Å². The van der Waals surface area contributed by atoms with Crippen LogP contribution in [0.4, 0.5) is 10.1 Å². The molecule has 0 amide bonds. The third kappa shape index (κ3) is 3.46. The van der Waals surface area contributed by atoms with E-state index >= 15 is 0 Å². The highest BCUT2D eigenvalue weighted by Gasteiger charge is 2.33. The van der Waals surface area contributed by atoms with Crippen molar-refractivity contribution in [1.29, 1.82) is 0 Å². The molecule has 2 heterocycles. The van der Waals surface area contributed by atoms with Crippen molar-refractivity contribution in [1.82, 2.24) is 0 Å². The number of aliphatic hydroxyl groups is 1. The second-order valence-electron chi connectivity index (χ2n) is 5.83. The van der Waals surface area contributed by atoms with Crippen molar-refractivity contribution in [3.05, 3.63) is 70.1 Å². The summed E-state index contributed by atoms with van der Waals surface area (Å²) in [6.07, 6.45) is 1.71. The van der Waals surface area contributed by atoms with Crippen LogP contribution in [0.3, 0.4) is 0 Å². The molecule has 2 aromatic carbocycles. The number of thioether (sulfide) groups is 1. The Bertz CT molecular complexity index is 1040. The monoisotopic (exact) mass is 399 g/mol. The van der Waals surface area contributed by atoms with E-state index in [1.54, 1.807) is 24.3 Å². The number of nitrogens with zero attached hydrogens (tertiary/aromatic N) is 1. The molecule has 0 fully saturated rings. The summed E-state index contributed by atoms with van der Waals surface area (Å²) < 4.78 is 28.5. The average Bonchev–Trinajstić information content (AvgIpc) is 3.27. The first kappa shape index (κ1) is 18.1. The minimum Gasteiger partial charge on any atom is -0.506 e. The van der Waals surface area contributed by atoms with E-state index in [9.17, 15) is 14.3 Å². The number of rotatable bonds is 3. The number of halogens is 1. The molecule has 2 aliphatic rings. The van der Waals surface area contributed by atoms with Gasteiger partial charge in [0, 0.05) is 0 Å². The molecule has 0 aromatic heterocycles. The van der Waals surface area contributed by atoms with Gasteiger partial charge in [0.1, 0.15) is 22.2 Å². The van der Waals surface area contributed by atoms with Crippen molar-refractivity contribution in [2.24, 2.45) is 4.99 Å². The molecule has 142 valence electrons. The van der Waals surface area contributed by atoms with E-state index in [2.05, 4.69) is 4.99 Å². The lowest BCUT2D eigenvalue weighted by atomic mass is 10.1. The number of benzene rings is 2. The fourth-order valence-electron chi connectivity index (χ4n) is 2.68. The number of esters is 1. The van der Waals surface area contributed by atoms with Gasteiger partial charge in [-0.3, -0.25) is 0 Å². The van der Waals surface area contributed by atoms with Gasteiger partial charge < -0.3 is 19.3 Å². The summed E-state index contributed by atoms with van der Waals surface area (Å²) in [4.78, 5) is 17.0. The van der Waals surface area contributed by atoms with Crippen LogP contribution in [-0.2, 0) is 9.53 Å². The van der Waals surface area contributed by atoms with Gasteiger partial charge in [0.05, 0.1) is 17.7 Å². The zero-order valence-electron chi connectivity index (χ0n) is 14.6. The van der Waals surface area contributed by atoms with E-state index in [1.807, 2.05) is 0 Å². The molecule has 0 unspecified atom stereocenters. The zero-order valence-corrected chi connectivity index (χ0v) is 15.5. The van der Waals surface area contributed by atoms with Crippen molar-refractivity contribution in [3.8, 4) is 11.5 Å². The fourth-order valence-corrected chi connectivity index (χ4v) is 3.71. The summed E-state index contributed by atoms with van der Waals surface area (Å²) >= 11 is 1.12. The number of methoxy groups -OCH3 is 1. The topological polar surface area (TPSA) is 77.4 Å². The first-order chi connectivity index (χ1) is 13.5. The van der Waals surface area contributed by atoms with Gasteiger partial charge in [-0.2, -0.15) is 0 Å². The standard InChI is InChI=1S/C20H14FNO5S/c1-25-20(24)17-18(23)16(9-11-2-7-14-15(8-11)27-10-26-14)28-19(17)22-13-5-3-12(21)4-6-13/h2-9,23H,10H2,1H3. The zero-order chi connectivity index (χ0) is 19.7. The minimum atomic E-state index is -0.708. The molecule has 4 rings (SSSR count). The van der Waals surface area contributed by atoms with Gasteiger partial charge in [0.2, 0.25) is 6.79 Å². The van der Waals surface area contributed by atoms with Gasteiger partial charge >= 0.3 is 5.97 Å². The molecule has 0 bridgehead atoms. The minimum absolute atomic E-state index is 0.0381. The van der Waals surface area contributed by atoms with Crippen LogP contribution in [0.15, 0.2) is 63.7 Å². The maximum atomic E-state index is 13.1. The van der Waals surface area contributed by atoms with Crippen molar-refractivity contribution in [2.45, 2.75) is 0 Å². The molecule has 1 N–H and O–H groups in total. The van der Waals surface area contributed by atoms with Crippen LogP contribution in [0, 0.1) is 5.82 Å². The maximum Gasteiger partial charge on any atom is 0.344 e. The third-order valence-corrected chi connectivity index (χ3v) is 5.05. The van der Waals surface area contributed by atoms with Crippen LogP contribution in [0.5, 0.6) is 11.5 Å². The molecule has 0 atom stereocenters. The van der Waals surface area contributed by atoms with E-state index in [-0.39, 0.29) is 23.2 Å². The van der Waals surface area contributed by atoms with Crippen molar-refractivity contribution >= 4 is 34.5 Å². The van der Waals surface area contributed by atoms with Crippen LogP contribution in [-0.4, -0.2) is 30.0 Å². The van der Waals surface area contributed by atoms with Crippen LogP contribution in [0.25, 0.3) is 6.08 Å². The quantitative estimate of drug-likeness (QED) is 0.773. The molecule has 6 nitrogen and oxygen atoms in total. The lowest BCUT2D eigenvalue weighted by Gasteiger charge is -2.01. The molecule has 2 aromatic rings. The predicted octanol–water partition coefficient (Wildman–Crippen LogP) is 4.36. The number of aliphatic hydroxyl groups excluding tert-OH is 1. The van der Waals surface area contributed by atoms with E-state index in [4.69, 9.17) is 14.2 Å². The van der Waals surface area contributed by atoms with Crippen LogP contribution in [0.1, 0.15) is 5.56 Å². The Morgan fingerprint density at radius 1 is 1.21 bits per heavy atom. The molecule has 0 saturated carbocycles. The normalized spacial score (nSPS) is 18.2. The largest absolute Gasteiger partial charge is 0.506 e. The first-order valence-corrected chi connectivity index (χ1v) is 9.02. The van der Waals surface area contributed by atoms with Gasteiger partial charge in [-0.25, -0.2) is 14.2 Å². The lowest BCUT2D eigenvalue weighted by Crippen LogP contribution is -2.10. The first-order valence-electron chi connectivity index (χ1n) is 8.21. The second kappa shape index (κ2) is 7.40. The molecule has 0 radical (unpaired) electrons. The van der Waals surface area contributed by atoms with Gasteiger partial charge in [-0.1, -0.05) is 17.8 Å². The Morgan fingerprint density at radius 3 is 2.71 bits per heavy atom. The number of hydrogen-bond acceptors (Lipinski definition) is 7. The Balaban J connectivity index is 1.72. The SMILES string of the molecule is COC(=O)C1=C(O)C(=Cc2ccc3c(c2)OCO3)SC1=Nc1ccc(F)cc1. The van der Waals surface area contributed by atoms with Crippen molar-refractivity contribution in [3.63, 3.8) is 0 Å². The van der Waals surface area contributed by atoms with E-state index < -0.39 is 11.8 Å². The number of aliphatic imine (C=N–C) groups is 1. The molecule has 8 heteroatoms. The Hall–Kier alpha value is -3.26. The summed E-state index contributed by atoms with van der Waals surface area (Å²) in [6, 6.07) is 10.8. The Morgan fingerprint density at radius 2 is 1.96 bits per heavy atom. The summed E-state index contributed by atoms with van der Waals surface area (Å²) in [5.41, 5.74) is 1.16. The van der Waals surface area contributed by atoms with Gasteiger partial charge in [-0.15, -0.1) is 0 Å². The number of carbonyl (C=O) groups is 1. The van der Waals surface area contributed by atoms with Crippen LogP contribution >= 0.6 is 11.8 Å². The molecule has 0 spiro atoms. The molecular weight excluding hydrogens is 385 g/mol. The average molecular weight is 399 g/mol. The Kier molecular flexibility index (Phi) is 4.79. The lowest BCUT2D eigenvalue weighted by molar-refractivity contribution is -0.135. The van der Waals surface area contributed by atoms with Crippen LogP contribution in [0.2, 0.25) is 0 Å². The number of hydrogen-bond donors (Lipinski definition) is 1. The van der Waals surface area contributed by atoms with Gasteiger partial charge in [-0.05, 0) is 48.0 Å². The van der Waals surface area contributed by atoms with Crippen molar-refractivity contribution < 1.29 is 28.5 Å². The summed E-state index contributed by atoms with van der Waals surface area (Å²) in [5, 5.41) is 10.9. The number of ether oxygens (including phenoxy) is 3. The predicted molar refractivity (Wildman–Crippen MR) is 103 cm³/mol. The Labute approximate surface area is 163 Å².